The number of hydrogen-bond donors (Lipinski definition) is 1. The molecular formula is C18H25NO5. The maximum atomic E-state index is 12.6. The number of carboxylic acid groups (broad SMARTS) is 1. The molecule has 1 aromatic carbocycles. The number of ether oxygens (including phenoxy) is 2. The van der Waals surface area contributed by atoms with Crippen molar-refractivity contribution in [3.05, 3.63) is 35.9 Å². The highest BCUT2D eigenvalue weighted by molar-refractivity contribution is 5.85. The van der Waals surface area contributed by atoms with Gasteiger partial charge in [0.2, 0.25) is 0 Å². The number of aliphatic carboxylic acids is 1. The molecule has 6 heteroatoms. The Kier molecular flexibility index (Phi) is 6.20. The van der Waals surface area contributed by atoms with E-state index in [1.807, 2.05) is 37.3 Å². The van der Waals surface area contributed by atoms with Gasteiger partial charge in [0, 0.05) is 13.7 Å². The van der Waals surface area contributed by atoms with Crippen LogP contribution in [0.3, 0.4) is 0 Å². The summed E-state index contributed by atoms with van der Waals surface area (Å²) in [5.41, 5.74) is -0.486. The van der Waals surface area contributed by atoms with Gasteiger partial charge in [0.15, 0.2) is 5.54 Å². The number of amides is 1. The van der Waals surface area contributed by atoms with Crippen LogP contribution < -0.4 is 0 Å². The van der Waals surface area contributed by atoms with Gasteiger partial charge >= 0.3 is 12.1 Å². The lowest BCUT2D eigenvalue weighted by molar-refractivity contribution is -0.156. The third-order valence-electron chi connectivity index (χ3n) is 4.34. The van der Waals surface area contributed by atoms with E-state index >= 15 is 0 Å². The van der Waals surface area contributed by atoms with E-state index in [2.05, 4.69) is 0 Å². The van der Waals surface area contributed by atoms with Crippen LogP contribution in [-0.2, 0) is 20.9 Å². The zero-order chi connectivity index (χ0) is 17.6. The summed E-state index contributed by atoms with van der Waals surface area (Å²) in [6, 6.07) is 9.33. The van der Waals surface area contributed by atoms with Crippen molar-refractivity contribution in [3.8, 4) is 0 Å². The molecule has 1 unspecified atom stereocenters. The first-order valence-electron chi connectivity index (χ1n) is 8.27. The van der Waals surface area contributed by atoms with Crippen LogP contribution >= 0.6 is 0 Å². The van der Waals surface area contributed by atoms with Crippen LogP contribution in [0.15, 0.2) is 30.3 Å². The van der Waals surface area contributed by atoms with Crippen molar-refractivity contribution >= 4 is 12.1 Å². The SMILES string of the molecule is CCCN(C(=O)OCc1ccccc1)C(COC)(C(=O)O)C1CC1. The molecule has 6 nitrogen and oxygen atoms in total. The maximum Gasteiger partial charge on any atom is 0.411 e. The molecule has 0 bridgehead atoms. The summed E-state index contributed by atoms with van der Waals surface area (Å²) >= 11 is 0. The minimum Gasteiger partial charge on any atom is -0.479 e. The Morgan fingerprint density at radius 3 is 2.46 bits per heavy atom. The van der Waals surface area contributed by atoms with Gasteiger partial charge in [-0.3, -0.25) is 4.90 Å². The van der Waals surface area contributed by atoms with Gasteiger partial charge in [0.05, 0.1) is 6.61 Å². The second-order valence-corrected chi connectivity index (χ2v) is 6.13. The van der Waals surface area contributed by atoms with Gasteiger partial charge in [-0.2, -0.15) is 0 Å². The summed E-state index contributed by atoms with van der Waals surface area (Å²) < 4.78 is 10.6. The first kappa shape index (κ1) is 18.3. The highest BCUT2D eigenvalue weighted by Gasteiger charge is 2.57. The van der Waals surface area contributed by atoms with Crippen molar-refractivity contribution < 1.29 is 24.2 Å². The number of nitrogens with zero attached hydrogens (tertiary/aromatic N) is 1. The van der Waals surface area contributed by atoms with Crippen LogP contribution in [0.5, 0.6) is 0 Å². The molecule has 1 fully saturated rings. The number of methoxy groups -OCH3 is 1. The van der Waals surface area contributed by atoms with Gasteiger partial charge in [0.25, 0.3) is 0 Å². The largest absolute Gasteiger partial charge is 0.479 e. The lowest BCUT2D eigenvalue weighted by atomic mass is 9.91. The Labute approximate surface area is 142 Å². The number of carboxylic acids is 1. The molecule has 1 amide bonds. The number of rotatable bonds is 9. The van der Waals surface area contributed by atoms with Gasteiger partial charge < -0.3 is 14.6 Å². The zero-order valence-electron chi connectivity index (χ0n) is 14.2. The standard InChI is InChI=1S/C18H25NO5/c1-3-11-19(17(22)24-12-14-7-5-4-6-8-14)18(13-23-2,16(20)21)15-9-10-15/h4-8,15H,3,9-13H2,1-2H3,(H,20,21). The lowest BCUT2D eigenvalue weighted by Crippen LogP contribution is -2.61. The minimum absolute atomic E-state index is 0.0343. The van der Waals surface area contributed by atoms with E-state index in [9.17, 15) is 14.7 Å². The molecule has 2 rings (SSSR count). The fourth-order valence-electron chi connectivity index (χ4n) is 3.02. The predicted molar refractivity (Wildman–Crippen MR) is 88.6 cm³/mol. The Morgan fingerprint density at radius 1 is 1.29 bits per heavy atom. The molecule has 24 heavy (non-hydrogen) atoms. The van der Waals surface area contributed by atoms with Crippen molar-refractivity contribution in [2.24, 2.45) is 5.92 Å². The van der Waals surface area contributed by atoms with Crippen LogP contribution in [0.1, 0.15) is 31.7 Å². The van der Waals surface area contributed by atoms with Crippen molar-refractivity contribution in [1.82, 2.24) is 4.90 Å². The van der Waals surface area contributed by atoms with Gasteiger partial charge in [0.1, 0.15) is 6.61 Å². The van der Waals surface area contributed by atoms with Crippen molar-refractivity contribution in [2.45, 2.75) is 38.3 Å². The summed E-state index contributed by atoms with van der Waals surface area (Å²) in [5, 5.41) is 9.87. The molecule has 0 saturated heterocycles. The summed E-state index contributed by atoms with van der Waals surface area (Å²) in [6.07, 6.45) is 1.60. The first-order valence-corrected chi connectivity index (χ1v) is 8.27. The van der Waals surface area contributed by atoms with E-state index in [0.29, 0.717) is 13.0 Å². The maximum absolute atomic E-state index is 12.6. The highest BCUT2D eigenvalue weighted by Crippen LogP contribution is 2.44. The van der Waals surface area contributed by atoms with E-state index in [1.165, 1.54) is 12.0 Å². The van der Waals surface area contributed by atoms with E-state index in [1.54, 1.807) is 0 Å². The molecule has 1 N–H and O–H groups in total. The van der Waals surface area contributed by atoms with Gasteiger partial charge in [-0.25, -0.2) is 9.59 Å². The van der Waals surface area contributed by atoms with Crippen LogP contribution in [0.2, 0.25) is 0 Å². The minimum atomic E-state index is -1.35. The van der Waals surface area contributed by atoms with Crippen LogP contribution in [0.25, 0.3) is 0 Å². The third-order valence-corrected chi connectivity index (χ3v) is 4.34. The number of carbonyl (C=O) groups excluding carboxylic acids is 1. The average molecular weight is 335 g/mol. The molecule has 1 aromatic rings. The van der Waals surface area contributed by atoms with Gasteiger partial charge in [-0.05, 0) is 30.7 Å². The van der Waals surface area contributed by atoms with E-state index in [4.69, 9.17) is 9.47 Å². The molecule has 0 spiro atoms. The third kappa shape index (κ3) is 3.87. The fraction of sp³-hybridized carbons (Fsp3) is 0.556. The second kappa shape index (κ2) is 8.15. The molecule has 1 saturated carbocycles. The van der Waals surface area contributed by atoms with Crippen molar-refractivity contribution in [3.63, 3.8) is 0 Å². The summed E-state index contributed by atoms with van der Waals surface area (Å²) in [5.74, 6) is -1.12. The van der Waals surface area contributed by atoms with Gasteiger partial charge in [-0.1, -0.05) is 37.3 Å². The molecule has 1 atom stereocenters. The quantitative estimate of drug-likeness (QED) is 0.751. The zero-order valence-corrected chi connectivity index (χ0v) is 14.2. The van der Waals surface area contributed by atoms with Crippen LogP contribution in [0, 0.1) is 5.92 Å². The van der Waals surface area contributed by atoms with E-state index < -0.39 is 17.6 Å². The summed E-state index contributed by atoms with van der Waals surface area (Å²) in [7, 11) is 1.46. The molecular weight excluding hydrogens is 310 g/mol. The molecule has 0 aromatic heterocycles. The molecule has 0 heterocycles. The Hall–Kier alpha value is -2.08. The molecule has 0 radical (unpaired) electrons. The highest BCUT2D eigenvalue weighted by atomic mass is 16.6. The normalized spacial score (nSPS) is 16.2. The number of carbonyl (C=O) groups is 2. The Morgan fingerprint density at radius 2 is 1.96 bits per heavy atom. The summed E-state index contributed by atoms with van der Waals surface area (Å²) in [4.78, 5) is 26.1. The van der Waals surface area contributed by atoms with Crippen LogP contribution in [-0.4, -0.2) is 47.9 Å². The first-order chi connectivity index (χ1) is 11.6. The number of hydrogen-bond acceptors (Lipinski definition) is 4. The average Bonchev–Trinajstić information content (AvgIpc) is 3.42. The predicted octanol–water partition coefficient (Wildman–Crippen LogP) is 2.92. The fourth-order valence-corrected chi connectivity index (χ4v) is 3.02. The van der Waals surface area contributed by atoms with Crippen molar-refractivity contribution in [1.29, 1.82) is 0 Å². The van der Waals surface area contributed by atoms with Crippen LogP contribution in [0.4, 0.5) is 4.79 Å². The van der Waals surface area contributed by atoms with Crippen molar-refractivity contribution in [2.75, 3.05) is 20.3 Å². The molecule has 1 aliphatic rings. The molecule has 0 aliphatic heterocycles. The van der Waals surface area contributed by atoms with E-state index in [-0.39, 0.29) is 19.1 Å². The lowest BCUT2D eigenvalue weighted by Gasteiger charge is -2.39. The number of benzene rings is 1. The van der Waals surface area contributed by atoms with Gasteiger partial charge in [-0.15, -0.1) is 0 Å². The summed E-state index contributed by atoms with van der Waals surface area (Å²) in [6.45, 7) is 2.31. The molecule has 1 aliphatic carbocycles. The second-order valence-electron chi connectivity index (χ2n) is 6.13. The Bertz CT molecular complexity index is 558. The van der Waals surface area contributed by atoms with E-state index in [0.717, 1.165) is 18.4 Å². The smallest absolute Gasteiger partial charge is 0.411 e. The monoisotopic (exact) mass is 335 g/mol. The Balaban J connectivity index is 2.18. The molecule has 132 valence electrons. The topological polar surface area (TPSA) is 76.1 Å².